The summed E-state index contributed by atoms with van der Waals surface area (Å²) in [6.07, 6.45) is 6.99. The van der Waals surface area contributed by atoms with Crippen LogP contribution in [0.5, 0.6) is 0 Å². The summed E-state index contributed by atoms with van der Waals surface area (Å²) in [6, 6.07) is 10.8. The lowest BCUT2D eigenvalue weighted by Crippen LogP contribution is -2.29. The highest BCUT2D eigenvalue weighted by Crippen LogP contribution is 2.25. The number of nitrogens with two attached hydrogens (primary N) is 1. The first-order valence-corrected chi connectivity index (χ1v) is 9.66. The summed E-state index contributed by atoms with van der Waals surface area (Å²) in [6.45, 7) is 4.65. The molecule has 0 aliphatic rings. The Morgan fingerprint density at radius 1 is 1.00 bits per heavy atom. The number of nitrogens with zero attached hydrogens (tertiary/aromatic N) is 1. The maximum atomic E-state index is 12.3. The van der Waals surface area contributed by atoms with Gasteiger partial charge < -0.3 is 16.4 Å². The molecule has 2 rings (SSSR count). The Bertz CT molecular complexity index is 745. The van der Waals surface area contributed by atoms with Crippen molar-refractivity contribution >= 4 is 28.8 Å². The summed E-state index contributed by atoms with van der Waals surface area (Å²) in [5, 5.41) is 7.40. The fourth-order valence-electron chi connectivity index (χ4n) is 2.78. The average Bonchev–Trinajstić information content (AvgIpc) is 2.68. The Balaban J connectivity index is 2.23. The van der Waals surface area contributed by atoms with E-state index in [2.05, 4.69) is 22.5 Å². The SMILES string of the molecule is CCCCCNCCN/C(=C(\C(N)=O)c1ccc(Cl)cc1)c1ccncc1. The molecule has 0 aliphatic heterocycles. The van der Waals surface area contributed by atoms with E-state index in [0.29, 0.717) is 22.8 Å². The van der Waals surface area contributed by atoms with E-state index >= 15 is 0 Å². The summed E-state index contributed by atoms with van der Waals surface area (Å²) >= 11 is 5.98. The highest BCUT2D eigenvalue weighted by atomic mass is 35.5. The van der Waals surface area contributed by atoms with Gasteiger partial charge in [0.1, 0.15) is 0 Å². The average molecular weight is 387 g/mol. The van der Waals surface area contributed by atoms with E-state index in [-0.39, 0.29) is 0 Å². The molecule has 2 aromatic rings. The summed E-state index contributed by atoms with van der Waals surface area (Å²) in [7, 11) is 0. The molecule has 0 atom stereocenters. The van der Waals surface area contributed by atoms with Gasteiger partial charge in [0, 0.05) is 36.1 Å². The van der Waals surface area contributed by atoms with Crippen LogP contribution in [-0.2, 0) is 4.79 Å². The predicted octanol–water partition coefficient (Wildman–Crippen LogP) is 3.46. The van der Waals surface area contributed by atoms with Gasteiger partial charge in [0.2, 0.25) is 0 Å². The predicted molar refractivity (Wildman–Crippen MR) is 112 cm³/mol. The van der Waals surface area contributed by atoms with Gasteiger partial charge in [0.05, 0.1) is 11.3 Å². The van der Waals surface area contributed by atoms with Crippen molar-refractivity contribution in [1.82, 2.24) is 15.6 Å². The quantitative estimate of drug-likeness (QED) is 0.408. The number of primary amides is 1. The lowest BCUT2D eigenvalue weighted by Gasteiger charge is -2.17. The molecule has 4 N–H and O–H groups in total. The first-order valence-electron chi connectivity index (χ1n) is 9.28. The molecule has 1 heterocycles. The molecule has 0 saturated carbocycles. The minimum absolute atomic E-state index is 0.434. The third-order valence-electron chi connectivity index (χ3n) is 4.16. The van der Waals surface area contributed by atoms with E-state index in [9.17, 15) is 4.79 Å². The number of rotatable bonds is 11. The number of aromatic nitrogens is 1. The standard InChI is InChI=1S/C21H27ClN4O/c1-2-3-4-11-24-14-15-26-20(17-9-12-25-13-10-17)19(21(23)27)16-5-7-18(22)8-6-16/h5-10,12-13,24,26H,2-4,11,14-15H2,1H3,(H2,23,27)/b20-19-. The van der Waals surface area contributed by atoms with E-state index in [1.54, 1.807) is 36.7 Å². The van der Waals surface area contributed by atoms with Gasteiger partial charge in [-0.25, -0.2) is 0 Å². The molecule has 0 saturated heterocycles. The molecule has 1 aromatic heterocycles. The number of nitrogens with one attached hydrogen (secondary N) is 2. The Morgan fingerprint density at radius 2 is 1.70 bits per heavy atom. The monoisotopic (exact) mass is 386 g/mol. The van der Waals surface area contributed by atoms with Crippen LogP contribution in [0.25, 0.3) is 11.3 Å². The van der Waals surface area contributed by atoms with Crippen molar-refractivity contribution in [3.63, 3.8) is 0 Å². The molecule has 0 unspecified atom stereocenters. The van der Waals surface area contributed by atoms with Crippen LogP contribution in [0.1, 0.15) is 37.3 Å². The second-order valence-corrected chi connectivity index (χ2v) is 6.68. The zero-order chi connectivity index (χ0) is 19.5. The Morgan fingerprint density at radius 3 is 2.33 bits per heavy atom. The van der Waals surface area contributed by atoms with Crippen LogP contribution < -0.4 is 16.4 Å². The first-order chi connectivity index (χ1) is 13.1. The van der Waals surface area contributed by atoms with Gasteiger partial charge in [-0.1, -0.05) is 43.5 Å². The molecule has 0 spiro atoms. The third kappa shape index (κ3) is 6.70. The zero-order valence-corrected chi connectivity index (χ0v) is 16.4. The van der Waals surface area contributed by atoms with Crippen LogP contribution in [0, 0.1) is 0 Å². The highest BCUT2D eigenvalue weighted by Gasteiger charge is 2.16. The molecule has 5 nitrogen and oxygen atoms in total. The molecular weight excluding hydrogens is 360 g/mol. The first kappa shape index (κ1) is 20.9. The number of hydrogen-bond acceptors (Lipinski definition) is 4. The fourth-order valence-corrected chi connectivity index (χ4v) is 2.91. The second kappa shape index (κ2) is 11.4. The number of benzene rings is 1. The van der Waals surface area contributed by atoms with Crippen LogP contribution >= 0.6 is 11.6 Å². The van der Waals surface area contributed by atoms with Crippen LogP contribution in [0.3, 0.4) is 0 Å². The lowest BCUT2D eigenvalue weighted by molar-refractivity contribution is -0.112. The van der Waals surface area contributed by atoms with E-state index in [1.165, 1.54) is 19.3 Å². The summed E-state index contributed by atoms with van der Waals surface area (Å²) in [5.41, 5.74) is 8.45. The van der Waals surface area contributed by atoms with E-state index in [0.717, 1.165) is 24.2 Å². The maximum Gasteiger partial charge on any atom is 0.251 e. The molecule has 0 fully saturated rings. The van der Waals surface area contributed by atoms with Crippen molar-refractivity contribution < 1.29 is 4.79 Å². The smallest absolute Gasteiger partial charge is 0.251 e. The summed E-state index contributed by atoms with van der Waals surface area (Å²) < 4.78 is 0. The van der Waals surface area contributed by atoms with Gasteiger partial charge in [-0.3, -0.25) is 9.78 Å². The van der Waals surface area contributed by atoms with Gasteiger partial charge >= 0.3 is 0 Å². The Hall–Kier alpha value is -2.37. The van der Waals surface area contributed by atoms with Gasteiger partial charge in [0.15, 0.2) is 0 Å². The third-order valence-corrected chi connectivity index (χ3v) is 4.41. The molecule has 0 bridgehead atoms. The molecule has 27 heavy (non-hydrogen) atoms. The van der Waals surface area contributed by atoms with Crippen LogP contribution in [0.2, 0.25) is 5.02 Å². The number of hydrogen-bond donors (Lipinski definition) is 3. The number of carbonyl (C=O) groups excluding carboxylic acids is 1. The summed E-state index contributed by atoms with van der Waals surface area (Å²) in [5.74, 6) is -0.493. The molecule has 0 aliphatic carbocycles. The maximum absolute atomic E-state index is 12.3. The topological polar surface area (TPSA) is 80.0 Å². The van der Waals surface area contributed by atoms with Crippen LogP contribution in [-0.4, -0.2) is 30.5 Å². The molecule has 6 heteroatoms. The van der Waals surface area contributed by atoms with Gasteiger partial charge in [-0.2, -0.15) is 0 Å². The zero-order valence-electron chi connectivity index (χ0n) is 15.7. The van der Waals surface area contributed by atoms with Crippen molar-refractivity contribution in [2.24, 2.45) is 5.73 Å². The largest absolute Gasteiger partial charge is 0.383 e. The van der Waals surface area contributed by atoms with E-state index in [4.69, 9.17) is 17.3 Å². The normalized spacial score (nSPS) is 11.8. The van der Waals surface area contributed by atoms with Gasteiger partial charge in [-0.05, 0) is 42.8 Å². The summed E-state index contributed by atoms with van der Waals surface area (Å²) in [4.78, 5) is 16.3. The number of carbonyl (C=O) groups is 1. The van der Waals surface area contributed by atoms with Crippen molar-refractivity contribution in [3.8, 4) is 0 Å². The van der Waals surface area contributed by atoms with Gasteiger partial charge in [0.25, 0.3) is 5.91 Å². The lowest BCUT2D eigenvalue weighted by atomic mass is 9.99. The second-order valence-electron chi connectivity index (χ2n) is 6.24. The minimum Gasteiger partial charge on any atom is -0.383 e. The number of pyridine rings is 1. The Kier molecular flexibility index (Phi) is 8.81. The molecular formula is C21H27ClN4O. The number of amides is 1. The number of halogens is 1. The van der Waals surface area contributed by atoms with Crippen molar-refractivity contribution in [2.45, 2.75) is 26.2 Å². The molecule has 0 radical (unpaired) electrons. The van der Waals surface area contributed by atoms with Crippen molar-refractivity contribution in [3.05, 3.63) is 64.9 Å². The van der Waals surface area contributed by atoms with E-state index in [1.807, 2.05) is 12.1 Å². The Labute approximate surface area is 166 Å². The van der Waals surface area contributed by atoms with Crippen molar-refractivity contribution in [2.75, 3.05) is 19.6 Å². The minimum atomic E-state index is -0.493. The fraction of sp³-hybridized carbons (Fsp3) is 0.333. The molecule has 1 aromatic carbocycles. The van der Waals surface area contributed by atoms with Crippen LogP contribution in [0.15, 0.2) is 48.8 Å². The molecule has 144 valence electrons. The number of unbranched alkanes of at least 4 members (excludes halogenated alkanes) is 2. The van der Waals surface area contributed by atoms with Gasteiger partial charge in [-0.15, -0.1) is 0 Å². The van der Waals surface area contributed by atoms with Crippen molar-refractivity contribution in [1.29, 1.82) is 0 Å². The van der Waals surface area contributed by atoms with Crippen LogP contribution in [0.4, 0.5) is 0 Å². The van der Waals surface area contributed by atoms with E-state index < -0.39 is 5.91 Å². The molecule has 1 amide bonds. The highest BCUT2D eigenvalue weighted by molar-refractivity contribution is 6.31.